The Morgan fingerprint density at radius 3 is 2.82 bits per heavy atom. The number of aliphatic hydroxyl groups is 1. The Kier molecular flexibility index (Phi) is 5.85. The zero-order chi connectivity index (χ0) is 15.9. The third-order valence-corrected chi connectivity index (χ3v) is 3.83. The summed E-state index contributed by atoms with van der Waals surface area (Å²) in [5.41, 5.74) is 0.301. The minimum Gasteiger partial charge on any atom is -0.486 e. The van der Waals surface area contributed by atoms with Crippen LogP contribution in [-0.2, 0) is 6.61 Å². The maximum Gasteiger partial charge on any atom is 0.271 e. The van der Waals surface area contributed by atoms with E-state index in [4.69, 9.17) is 9.84 Å². The quantitative estimate of drug-likeness (QED) is 0.820. The van der Waals surface area contributed by atoms with Gasteiger partial charge in [0.1, 0.15) is 28.9 Å². The first-order valence-corrected chi connectivity index (χ1v) is 7.74. The first-order chi connectivity index (χ1) is 10.6. The Bertz CT molecular complexity index is 612. The predicted octanol–water partition coefficient (Wildman–Crippen LogP) is 2.36. The molecule has 0 aliphatic heterocycles. The van der Waals surface area contributed by atoms with E-state index in [1.54, 1.807) is 5.38 Å². The number of amides is 1. The van der Waals surface area contributed by atoms with Gasteiger partial charge in [-0.25, -0.2) is 9.37 Å². The molecule has 1 amide bonds. The molecule has 1 aromatic heterocycles. The van der Waals surface area contributed by atoms with Crippen molar-refractivity contribution in [3.05, 3.63) is 46.2 Å². The number of nitrogens with zero attached hydrogens (tertiary/aromatic N) is 1. The lowest BCUT2D eigenvalue weighted by Crippen LogP contribution is -2.37. The number of aromatic nitrogens is 1. The van der Waals surface area contributed by atoms with Crippen molar-refractivity contribution in [3.63, 3.8) is 0 Å². The summed E-state index contributed by atoms with van der Waals surface area (Å²) in [6.07, 6.45) is 0.646. The molecule has 1 heterocycles. The van der Waals surface area contributed by atoms with Crippen molar-refractivity contribution in [2.24, 2.45) is 0 Å². The molecule has 0 fully saturated rings. The van der Waals surface area contributed by atoms with Gasteiger partial charge in [0, 0.05) is 5.38 Å². The molecule has 0 bridgehead atoms. The van der Waals surface area contributed by atoms with E-state index in [0.717, 1.165) is 0 Å². The fraction of sp³-hybridized carbons (Fsp3) is 0.333. The highest BCUT2D eigenvalue weighted by Gasteiger charge is 2.14. The van der Waals surface area contributed by atoms with Crippen LogP contribution in [0, 0.1) is 5.82 Å². The van der Waals surface area contributed by atoms with E-state index in [0.29, 0.717) is 22.9 Å². The SMILES string of the molecule is CC[C@@H](CO)NC(=O)c1csc(COc2ccc(F)cc2)n1. The van der Waals surface area contributed by atoms with Crippen LogP contribution < -0.4 is 10.1 Å². The lowest BCUT2D eigenvalue weighted by molar-refractivity contribution is 0.0910. The van der Waals surface area contributed by atoms with Crippen LogP contribution >= 0.6 is 11.3 Å². The number of hydrogen-bond donors (Lipinski definition) is 2. The van der Waals surface area contributed by atoms with E-state index in [9.17, 15) is 9.18 Å². The van der Waals surface area contributed by atoms with E-state index in [2.05, 4.69) is 10.3 Å². The van der Waals surface area contributed by atoms with Gasteiger partial charge in [0.05, 0.1) is 12.6 Å². The average molecular weight is 324 g/mol. The van der Waals surface area contributed by atoms with E-state index < -0.39 is 0 Å². The van der Waals surface area contributed by atoms with Crippen LogP contribution in [0.2, 0.25) is 0 Å². The molecular formula is C15H17FN2O3S. The number of nitrogens with one attached hydrogen (secondary N) is 1. The normalized spacial score (nSPS) is 12.0. The number of aliphatic hydroxyl groups excluding tert-OH is 1. The van der Waals surface area contributed by atoms with Crippen molar-refractivity contribution in [1.82, 2.24) is 10.3 Å². The molecular weight excluding hydrogens is 307 g/mol. The maximum atomic E-state index is 12.8. The smallest absolute Gasteiger partial charge is 0.271 e. The number of thiazole rings is 1. The number of carbonyl (C=O) groups is 1. The van der Waals surface area contributed by atoms with Crippen molar-refractivity contribution < 1.29 is 19.0 Å². The fourth-order valence-corrected chi connectivity index (χ4v) is 2.38. The van der Waals surface area contributed by atoms with Crippen LogP contribution in [0.5, 0.6) is 5.75 Å². The monoisotopic (exact) mass is 324 g/mol. The number of rotatable bonds is 7. The molecule has 0 aliphatic carbocycles. The largest absolute Gasteiger partial charge is 0.486 e. The fourth-order valence-electron chi connectivity index (χ4n) is 1.69. The van der Waals surface area contributed by atoms with Gasteiger partial charge in [-0.1, -0.05) is 6.92 Å². The topological polar surface area (TPSA) is 71.5 Å². The molecule has 5 nitrogen and oxygen atoms in total. The molecule has 1 atom stereocenters. The summed E-state index contributed by atoms with van der Waals surface area (Å²) >= 11 is 1.31. The Labute approximate surface area is 131 Å². The first-order valence-electron chi connectivity index (χ1n) is 6.87. The molecule has 7 heteroatoms. The zero-order valence-corrected chi connectivity index (χ0v) is 12.9. The molecule has 0 spiro atoms. The van der Waals surface area contributed by atoms with Gasteiger partial charge in [0.15, 0.2) is 0 Å². The molecule has 1 aromatic carbocycles. The summed E-state index contributed by atoms with van der Waals surface area (Å²) in [5.74, 6) is -0.103. The summed E-state index contributed by atoms with van der Waals surface area (Å²) in [4.78, 5) is 16.1. The number of ether oxygens (including phenoxy) is 1. The number of hydrogen-bond acceptors (Lipinski definition) is 5. The number of carbonyl (C=O) groups excluding carboxylic acids is 1. The van der Waals surface area contributed by atoms with Crippen LogP contribution in [0.4, 0.5) is 4.39 Å². The van der Waals surface area contributed by atoms with Gasteiger partial charge < -0.3 is 15.2 Å². The number of halogens is 1. The molecule has 2 rings (SSSR count). The van der Waals surface area contributed by atoms with Gasteiger partial charge in [-0.3, -0.25) is 4.79 Å². The number of benzene rings is 1. The van der Waals surface area contributed by atoms with E-state index >= 15 is 0 Å². The van der Waals surface area contributed by atoms with Crippen molar-refractivity contribution >= 4 is 17.2 Å². The standard InChI is InChI=1S/C15H17FN2O3S/c1-2-11(7-19)17-15(20)13-9-22-14(18-13)8-21-12-5-3-10(16)4-6-12/h3-6,9,11,19H,2,7-8H2,1H3,(H,17,20)/t11-/m0/s1. The van der Waals surface area contributed by atoms with E-state index in [-0.39, 0.29) is 31.0 Å². The van der Waals surface area contributed by atoms with E-state index in [1.807, 2.05) is 6.92 Å². The van der Waals surface area contributed by atoms with Gasteiger partial charge in [0.25, 0.3) is 5.91 Å². The lowest BCUT2D eigenvalue weighted by Gasteiger charge is -2.12. The van der Waals surface area contributed by atoms with Crippen molar-refractivity contribution in [1.29, 1.82) is 0 Å². The van der Waals surface area contributed by atoms with Crippen LogP contribution in [0.1, 0.15) is 28.8 Å². The predicted molar refractivity (Wildman–Crippen MR) is 81.5 cm³/mol. The molecule has 2 N–H and O–H groups in total. The van der Waals surface area contributed by atoms with Crippen LogP contribution in [0.25, 0.3) is 0 Å². The highest BCUT2D eigenvalue weighted by Crippen LogP contribution is 2.16. The van der Waals surface area contributed by atoms with Crippen LogP contribution in [-0.4, -0.2) is 28.6 Å². The highest BCUT2D eigenvalue weighted by molar-refractivity contribution is 7.09. The van der Waals surface area contributed by atoms with Crippen molar-refractivity contribution in [2.75, 3.05) is 6.61 Å². The third-order valence-electron chi connectivity index (χ3n) is 3.01. The Hall–Kier alpha value is -1.99. The molecule has 0 saturated carbocycles. The van der Waals surface area contributed by atoms with Crippen molar-refractivity contribution in [2.45, 2.75) is 26.0 Å². The van der Waals surface area contributed by atoms with Crippen molar-refractivity contribution in [3.8, 4) is 5.75 Å². The Balaban J connectivity index is 1.90. The second-order valence-corrected chi connectivity index (χ2v) is 5.57. The zero-order valence-electron chi connectivity index (χ0n) is 12.1. The summed E-state index contributed by atoms with van der Waals surface area (Å²) in [6, 6.07) is 5.42. The second kappa shape index (κ2) is 7.86. The summed E-state index contributed by atoms with van der Waals surface area (Å²) in [5, 5.41) is 14.1. The molecule has 0 saturated heterocycles. The maximum absolute atomic E-state index is 12.8. The highest BCUT2D eigenvalue weighted by atomic mass is 32.1. The lowest BCUT2D eigenvalue weighted by atomic mass is 10.2. The summed E-state index contributed by atoms with van der Waals surface area (Å²) in [6.45, 7) is 1.98. The average Bonchev–Trinajstić information content (AvgIpc) is 3.01. The molecule has 0 aliphatic rings. The minimum absolute atomic E-state index is 0.104. The van der Waals surface area contributed by atoms with Gasteiger partial charge in [-0.05, 0) is 30.7 Å². The Morgan fingerprint density at radius 2 is 2.18 bits per heavy atom. The molecule has 118 valence electrons. The Morgan fingerprint density at radius 1 is 1.45 bits per heavy atom. The molecule has 0 radical (unpaired) electrons. The van der Waals surface area contributed by atoms with Gasteiger partial charge in [0.2, 0.25) is 0 Å². The molecule has 2 aromatic rings. The van der Waals surface area contributed by atoms with Gasteiger partial charge in [-0.15, -0.1) is 11.3 Å². The van der Waals surface area contributed by atoms with Gasteiger partial charge >= 0.3 is 0 Å². The third kappa shape index (κ3) is 4.51. The summed E-state index contributed by atoms with van der Waals surface area (Å²) < 4.78 is 18.2. The molecule has 0 unspecified atom stereocenters. The van der Waals surface area contributed by atoms with Crippen LogP contribution in [0.3, 0.4) is 0 Å². The van der Waals surface area contributed by atoms with E-state index in [1.165, 1.54) is 35.6 Å². The van der Waals surface area contributed by atoms with Crippen LogP contribution in [0.15, 0.2) is 29.6 Å². The first kappa shape index (κ1) is 16.4. The molecule has 22 heavy (non-hydrogen) atoms. The minimum atomic E-state index is -0.324. The second-order valence-electron chi connectivity index (χ2n) is 4.63. The van der Waals surface area contributed by atoms with Gasteiger partial charge in [-0.2, -0.15) is 0 Å². The summed E-state index contributed by atoms with van der Waals surface area (Å²) in [7, 11) is 0.